The summed E-state index contributed by atoms with van der Waals surface area (Å²) in [5.41, 5.74) is -0.778. The van der Waals surface area contributed by atoms with Gasteiger partial charge in [0, 0.05) is 0 Å². The second-order valence-corrected chi connectivity index (χ2v) is 3.21. The van der Waals surface area contributed by atoms with E-state index in [2.05, 4.69) is 9.78 Å². The van der Waals surface area contributed by atoms with Gasteiger partial charge < -0.3 is 0 Å². The number of carbonyl (C=O) groups is 1. The minimum Gasteiger partial charge on any atom is -0.252 e. The van der Waals surface area contributed by atoms with Gasteiger partial charge in [0.05, 0.1) is 6.61 Å². The van der Waals surface area contributed by atoms with Gasteiger partial charge in [-0.15, -0.1) is 0 Å². The monoisotopic (exact) mass is 165 g/mol. The molecule has 0 bridgehead atoms. The molecule has 0 aromatic heterocycles. The standard InChI is InChI=1S/C5H10O4P/c1-3-8-9-5(6)10(7)4-2/h3-4H2,1-2H3/q+1. The van der Waals surface area contributed by atoms with Crippen LogP contribution in [0.3, 0.4) is 0 Å². The van der Waals surface area contributed by atoms with Crippen molar-refractivity contribution in [1.82, 2.24) is 0 Å². The largest absolute Gasteiger partial charge is 0.586 e. The van der Waals surface area contributed by atoms with Gasteiger partial charge in [0.2, 0.25) is 0 Å². The summed E-state index contributed by atoms with van der Waals surface area (Å²) in [4.78, 5) is 18.9. The lowest BCUT2D eigenvalue weighted by molar-refractivity contribution is -0.226. The van der Waals surface area contributed by atoms with Gasteiger partial charge in [-0.2, -0.15) is 9.68 Å². The van der Waals surface area contributed by atoms with Gasteiger partial charge in [-0.05, 0) is 13.8 Å². The zero-order valence-corrected chi connectivity index (χ0v) is 6.89. The van der Waals surface area contributed by atoms with Gasteiger partial charge >= 0.3 is 13.5 Å². The van der Waals surface area contributed by atoms with Crippen molar-refractivity contribution in [3.05, 3.63) is 0 Å². The van der Waals surface area contributed by atoms with Crippen LogP contribution in [0.5, 0.6) is 0 Å². The van der Waals surface area contributed by atoms with Crippen molar-refractivity contribution in [2.45, 2.75) is 13.8 Å². The number of hydrogen-bond acceptors (Lipinski definition) is 4. The highest BCUT2D eigenvalue weighted by Crippen LogP contribution is 2.22. The van der Waals surface area contributed by atoms with Crippen molar-refractivity contribution in [3.63, 3.8) is 0 Å². The molecule has 0 aliphatic carbocycles. The van der Waals surface area contributed by atoms with E-state index in [1.165, 1.54) is 0 Å². The van der Waals surface area contributed by atoms with Gasteiger partial charge in [0.25, 0.3) is 0 Å². The maximum absolute atomic E-state index is 10.6. The summed E-state index contributed by atoms with van der Waals surface area (Å²) < 4.78 is 10.6. The van der Waals surface area contributed by atoms with Crippen LogP contribution in [-0.4, -0.2) is 18.5 Å². The Kier molecular flexibility index (Phi) is 5.08. The molecule has 0 rings (SSSR count). The molecule has 0 aliphatic heterocycles. The molecule has 0 saturated heterocycles. The fraction of sp³-hybridized carbons (Fsp3) is 0.800. The van der Waals surface area contributed by atoms with E-state index in [1.807, 2.05) is 0 Å². The molecule has 0 aromatic rings. The maximum Gasteiger partial charge on any atom is 0.586 e. The van der Waals surface area contributed by atoms with Crippen LogP contribution in [0.15, 0.2) is 0 Å². The minimum atomic E-state index is -1.89. The molecular weight excluding hydrogens is 155 g/mol. The van der Waals surface area contributed by atoms with Crippen LogP contribution in [0.25, 0.3) is 0 Å². The van der Waals surface area contributed by atoms with Crippen LogP contribution in [0.1, 0.15) is 13.8 Å². The van der Waals surface area contributed by atoms with E-state index in [9.17, 15) is 9.36 Å². The molecule has 0 fully saturated rings. The molecule has 0 heterocycles. The molecule has 0 aromatic carbocycles. The van der Waals surface area contributed by atoms with Crippen molar-refractivity contribution < 1.29 is 19.1 Å². The molecule has 0 spiro atoms. The van der Waals surface area contributed by atoms with Crippen LogP contribution in [0.2, 0.25) is 0 Å². The van der Waals surface area contributed by atoms with Crippen molar-refractivity contribution in [3.8, 4) is 0 Å². The third-order valence-electron chi connectivity index (χ3n) is 0.739. The normalized spacial score (nSPS) is 10.8. The maximum atomic E-state index is 10.6. The Labute approximate surface area is 60.2 Å². The molecule has 0 N–H and O–H groups in total. The predicted molar refractivity (Wildman–Crippen MR) is 36.3 cm³/mol. The average molecular weight is 165 g/mol. The van der Waals surface area contributed by atoms with Crippen LogP contribution < -0.4 is 0 Å². The summed E-state index contributed by atoms with van der Waals surface area (Å²) in [5, 5.41) is 0. The minimum absolute atomic E-state index is 0.276. The van der Waals surface area contributed by atoms with Crippen LogP contribution >= 0.6 is 7.80 Å². The Morgan fingerprint density at radius 2 is 2.10 bits per heavy atom. The molecule has 5 heteroatoms. The molecule has 0 saturated carbocycles. The Bertz CT molecular complexity index is 134. The lowest BCUT2D eigenvalue weighted by Crippen LogP contribution is -1.98. The number of carbonyl (C=O) groups excluding carboxylic acids is 1. The first-order chi connectivity index (χ1) is 4.72. The van der Waals surface area contributed by atoms with Crippen LogP contribution in [-0.2, 0) is 14.3 Å². The molecule has 0 radical (unpaired) electrons. The van der Waals surface area contributed by atoms with Crippen LogP contribution in [0, 0.1) is 0 Å². The van der Waals surface area contributed by atoms with Gasteiger partial charge in [0.1, 0.15) is 0 Å². The predicted octanol–water partition coefficient (Wildman–Crippen LogP) is 1.92. The molecule has 0 aliphatic rings. The van der Waals surface area contributed by atoms with E-state index in [0.717, 1.165) is 0 Å². The second-order valence-electron chi connectivity index (χ2n) is 1.45. The van der Waals surface area contributed by atoms with Gasteiger partial charge in [0.15, 0.2) is 6.16 Å². The smallest absolute Gasteiger partial charge is 0.252 e. The quantitative estimate of drug-likeness (QED) is 0.362. The third kappa shape index (κ3) is 3.54. The molecule has 58 valence electrons. The first kappa shape index (κ1) is 9.53. The summed E-state index contributed by atoms with van der Waals surface area (Å²) >= 11 is 0. The van der Waals surface area contributed by atoms with Crippen molar-refractivity contribution in [1.29, 1.82) is 0 Å². The summed E-state index contributed by atoms with van der Waals surface area (Å²) in [7, 11) is -1.89. The highest BCUT2D eigenvalue weighted by molar-refractivity contribution is 7.62. The summed E-state index contributed by atoms with van der Waals surface area (Å²) in [6.07, 6.45) is 0.293. The van der Waals surface area contributed by atoms with Gasteiger partial charge in [-0.3, -0.25) is 4.89 Å². The van der Waals surface area contributed by atoms with Crippen LogP contribution in [0.4, 0.5) is 4.79 Å². The number of rotatable bonds is 4. The van der Waals surface area contributed by atoms with Crippen molar-refractivity contribution in [2.75, 3.05) is 12.8 Å². The molecule has 1 atom stereocenters. The van der Waals surface area contributed by atoms with E-state index in [0.29, 0.717) is 6.16 Å². The Morgan fingerprint density at radius 1 is 1.50 bits per heavy atom. The first-order valence-corrected chi connectivity index (χ1v) is 4.45. The Hall–Kier alpha value is -0.470. The van der Waals surface area contributed by atoms with E-state index < -0.39 is 13.5 Å². The molecule has 0 amide bonds. The average Bonchev–Trinajstić information content (AvgIpc) is 1.98. The zero-order valence-electron chi connectivity index (χ0n) is 5.99. The SMILES string of the molecule is CCOOC(=O)[P+](=O)CC. The van der Waals surface area contributed by atoms with Crippen molar-refractivity contribution in [2.24, 2.45) is 0 Å². The third-order valence-corrected chi connectivity index (χ3v) is 1.80. The molecule has 1 unspecified atom stereocenters. The number of hydrogen-bond donors (Lipinski definition) is 0. The lowest BCUT2D eigenvalue weighted by atomic mass is 10.9. The Morgan fingerprint density at radius 3 is 2.50 bits per heavy atom. The second kappa shape index (κ2) is 5.33. The highest BCUT2D eigenvalue weighted by Gasteiger charge is 2.28. The summed E-state index contributed by atoms with van der Waals surface area (Å²) in [6, 6.07) is 0. The van der Waals surface area contributed by atoms with E-state index >= 15 is 0 Å². The summed E-state index contributed by atoms with van der Waals surface area (Å²) in [6.45, 7) is 3.59. The summed E-state index contributed by atoms with van der Waals surface area (Å²) in [5.74, 6) is 0. The molecule has 10 heavy (non-hydrogen) atoms. The fourth-order valence-corrected chi connectivity index (χ4v) is 0.674. The zero-order chi connectivity index (χ0) is 7.98. The molecular formula is C5H10O4P+. The van der Waals surface area contributed by atoms with Crippen molar-refractivity contribution >= 4 is 13.5 Å². The topological polar surface area (TPSA) is 52.6 Å². The van der Waals surface area contributed by atoms with Gasteiger partial charge in [-0.1, -0.05) is 4.57 Å². The van der Waals surface area contributed by atoms with E-state index in [4.69, 9.17) is 0 Å². The van der Waals surface area contributed by atoms with Gasteiger partial charge in [-0.25, -0.2) is 0 Å². The highest BCUT2D eigenvalue weighted by atomic mass is 31.1. The Balaban J connectivity index is 3.52. The lowest BCUT2D eigenvalue weighted by Gasteiger charge is -1.90. The fourth-order valence-electron chi connectivity index (χ4n) is 0.280. The van der Waals surface area contributed by atoms with E-state index in [1.54, 1.807) is 13.8 Å². The molecule has 4 nitrogen and oxygen atoms in total. The van der Waals surface area contributed by atoms with E-state index in [-0.39, 0.29) is 6.61 Å². The first-order valence-electron chi connectivity index (χ1n) is 3.00.